The van der Waals surface area contributed by atoms with Crippen molar-refractivity contribution < 1.29 is 13.2 Å². The normalized spacial score (nSPS) is 11.7. The number of sulfone groups is 1. The number of amides is 1. The predicted octanol–water partition coefficient (Wildman–Crippen LogP) is 1.12. The van der Waals surface area contributed by atoms with Crippen molar-refractivity contribution in [3.63, 3.8) is 0 Å². The smallest absolute Gasteiger partial charge is 0.330 e. The lowest BCUT2D eigenvalue weighted by molar-refractivity contribution is -0.119. The van der Waals surface area contributed by atoms with Crippen LogP contribution in [0.15, 0.2) is 39.0 Å². The van der Waals surface area contributed by atoms with Crippen LogP contribution >= 0.6 is 0 Å². The third-order valence-corrected chi connectivity index (χ3v) is 6.19. The summed E-state index contributed by atoms with van der Waals surface area (Å²) in [5, 5.41) is -0.245. The Bertz CT molecular complexity index is 1400. The van der Waals surface area contributed by atoms with Crippen molar-refractivity contribution in [3.8, 4) is 0 Å². The molecular formula is C21H28N6O5S. The summed E-state index contributed by atoms with van der Waals surface area (Å²) in [6.45, 7) is 3.85. The molecule has 2 aromatic heterocycles. The van der Waals surface area contributed by atoms with Gasteiger partial charge in [0.05, 0.1) is 11.0 Å². The second-order valence-corrected chi connectivity index (χ2v) is 9.69. The Balaban J connectivity index is 2.14. The van der Waals surface area contributed by atoms with Crippen molar-refractivity contribution in [3.05, 3.63) is 45.1 Å². The molecule has 0 bridgehead atoms. The van der Waals surface area contributed by atoms with Gasteiger partial charge in [-0.25, -0.2) is 18.2 Å². The number of hydrogen-bond acceptors (Lipinski definition) is 7. The van der Waals surface area contributed by atoms with Crippen molar-refractivity contribution in [1.82, 2.24) is 19.1 Å². The lowest BCUT2D eigenvalue weighted by Gasteiger charge is -2.25. The number of nitrogen functional groups attached to an aromatic ring is 1. The largest absolute Gasteiger partial charge is 0.383 e. The Morgan fingerprint density at radius 1 is 1.15 bits per heavy atom. The molecule has 0 saturated heterocycles. The Morgan fingerprint density at radius 3 is 2.48 bits per heavy atom. The van der Waals surface area contributed by atoms with Gasteiger partial charge in [0.2, 0.25) is 20.9 Å². The summed E-state index contributed by atoms with van der Waals surface area (Å²) in [4.78, 5) is 46.0. The molecule has 3 aromatic rings. The second-order valence-electron chi connectivity index (χ2n) is 7.79. The summed E-state index contributed by atoms with van der Waals surface area (Å²) in [5.41, 5.74) is 5.54. The average Bonchev–Trinajstić information content (AvgIpc) is 3.12. The van der Waals surface area contributed by atoms with E-state index in [2.05, 4.69) is 9.97 Å². The minimum Gasteiger partial charge on any atom is -0.383 e. The quantitative estimate of drug-likeness (QED) is 0.469. The van der Waals surface area contributed by atoms with E-state index < -0.39 is 27.0 Å². The number of unbranched alkanes of at least 4 members (excludes halogenated alkanes) is 1. The molecule has 0 fully saturated rings. The molecule has 0 aliphatic heterocycles. The van der Waals surface area contributed by atoms with E-state index in [9.17, 15) is 22.8 Å². The van der Waals surface area contributed by atoms with E-state index in [0.29, 0.717) is 23.9 Å². The molecule has 178 valence electrons. The Morgan fingerprint density at radius 2 is 1.85 bits per heavy atom. The highest BCUT2D eigenvalue weighted by atomic mass is 32.2. The average molecular weight is 477 g/mol. The van der Waals surface area contributed by atoms with E-state index in [1.54, 1.807) is 24.3 Å². The molecule has 3 rings (SSSR count). The summed E-state index contributed by atoms with van der Waals surface area (Å²) >= 11 is 0. The number of hydrogen-bond donors (Lipinski definition) is 2. The summed E-state index contributed by atoms with van der Waals surface area (Å²) in [7, 11) is -3.74. The fourth-order valence-corrected chi connectivity index (χ4v) is 4.50. The van der Waals surface area contributed by atoms with Gasteiger partial charge in [-0.15, -0.1) is 0 Å². The van der Waals surface area contributed by atoms with Crippen LogP contribution in [0.4, 0.5) is 11.5 Å². The summed E-state index contributed by atoms with van der Waals surface area (Å²) in [5.74, 6) is -0.649. The first-order valence-electron chi connectivity index (χ1n) is 10.7. The number of aromatic nitrogens is 4. The number of nitrogens with zero attached hydrogens (tertiary/aromatic N) is 4. The molecule has 0 saturated carbocycles. The predicted molar refractivity (Wildman–Crippen MR) is 126 cm³/mol. The third-order valence-electron chi connectivity index (χ3n) is 5.21. The van der Waals surface area contributed by atoms with E-state index >= 15 is 0 Å². The number of imidazole rings is 1. The fourth-order valence-electron chi connectivity index (χ4n) is 3.67. The maximum absolute atomic E-state index is 13.5. The lowest BCUT2D eigenvalue weighted by atomic mass is 10.2. The van der Waals surface area contributed by atoms with E-state index in [4.69, 9.17) is 5.73 Å². The third kappa shape index (κ3) is 4.85. The molecule has 33 heavy (non-hydrogen) atoms. The molecule has 2 heterocycles. The topological polar surface area (TPSA) is 153 Å². The molecule has 11 nitrogen and oxygen atoms in total. The standard InChI is InChI=1S/C21H28N6O5S/c1-4-6-12-25(17-18(22)26(11-5-2)20(30)24-19(17)29)16(28)13-27-15-10-8-7-9-14(15)23-21(27)33(3,31)32/h7-10H,4-6,11-13,22H2,1-3H3,(H,24,29,30). The van der Waals surface area contributed by atoms with Crippen molar-refractivity contribution >= 4 is 38.3 Å². The van der Waals surface area contributed by atoms with E-state index in [-0.39, 0.29) is 36.3 Å². The van der Waals surface area contributed by atoms with Gasteiger partial charge in [0.15, 0.2) is 5.69 Å². The van der Waals surface area contributed by atoms with Crippen LogP contribution in [-0.4, -0.2) is 46.2 Å². The van der Waals surface area contributed by atoms with Crippen LogP contribution in [0.1, 0.15) is 33.1 Å². The van der Waals surface area contributed by atoms with Gasteiger partial charge in [0, 0.05) is 19.3 Å². The number of aromatic amines is 1. The van der Waals surface area contributed by atoms with Gasteiger partial charge in [0.1, 0.15) is 12.4 Å². The molecule has 1 aromatic carbocycles. The first kappa shape index (κ1) is 24.2. The van der Waals surface area contributed by atoms with Gasteiger partial charge >= 0.3 is 5.69 Å². The van der Waals surface area contributed by atoms with Gasteiger partial charge in [0.25, 0.3) is 5.56 Å². The van der Waals surface area contributed by atoms with E-state index in [1.165, 1.54) is 14.0 Å². The molecule has 1 amide bonds. The Labute approximate surface area is 190 Å². The van der Waals surface area contributed by atoms with E-state index in [0.717, 1.165) is 12.7 Å². The number of benzene rings is 1. The highest BCUT2D eigenvalue weighted by Crippen LogP contribution is 2.22. The molecule has 0 unspecified atom stereocenters. The number of H-pyrrole nitrogens is 1. The fraction of sp³-hybridized carbons (Fsp3) is 0.429. The van der Waals surface area contributed by atoms with Gasteiger partial charge < -0.3 is 15.2 Å². The molecule has 0 spiro atoms. The molecular weight excluding hydrogens is 448 g/mol. The summed E-state index contributed by atoms with van der Waals surface area (Å²) in [6.07, 6.45) is 2.92. The van der Waals surface area contributed by atoms with Crippen LogP contribution in [0, 0.1) is 0 Å². The van der Waals surface area contributed by atoms with Crippen LogP contribution in [-0.2, 0) is 27.7 Å². The highest BCUT2D eigenvalue weighted by Gasteiger charge is 2.27. The maximum atomic E-state index is 13.5. The van der Waals surface area contributed by atoms with Crippen molar-refractivity contribution in [2.24, 2.45) is 0 Å². The van der Waals surface area contributed by atoms with Crippen LogP contribution in [0.2, 0.25) is 0 Å². The van der Waals surface area contributed by atoms with Gasteiger partial charge in [-0.3, -0.25) is 19.1 Å². The Hall–Kier alpha value is -3.41. The zero-order valence-electron chi connectivity index (χ0n) is 18.9. The number of para-hydroxylation sites is 2. The Kier molecular flexibility index (Phi) is 7.06. The van der Waals surface area contributed by atoms with Gasteiger partial charge in [-0.2, -0.15) is 0 Å². The highest BCUT2D eigenvalue weighted by molar-refractivity contribution is 7.90. The molecule has 12 heteroatoms. The molecule has 0 aliphatic rings. The molecule has 0 radical (unpaired) electrons. The van der Waals surface area contributed by atoms with Crippen LogP contribution in [0.25, 0.3) is 11.0 Å². The monoisotopic (exact) mass is 476 g/mol. The summed E-state index contributed by atoms with van der Waals surface area (Å²) in [6, 6.07) is 6.76. The molecule has 0 aliphatic carbocycles. The molecule has 0 atom stereocenters. The van der Waals surface area contributed by atoms with E-state index in [1.807, 2.05) is 13.8 Å². The molecule has 3 N–H and O–H groups in total. The minimum atomic E-state index is -3.74. The number of carbonyl (C=O) groups excluding carboxylic acids is 1. The second kappa shape index (κ2) is 9.61. The van der Waals surface area contributed by atoms with Crippen molar-refractivity contribution in [1.29, 1.82) is 0 Å². The number of fused-ring (bicyclic) bond motifs is 1. The number of rotatable bonds is 9. The van der Waals surface area contributed by atoms with Crippen molar-refractivity contribution in [2.75, 3.05) is 23.4 Å². The SMILES string of the molecule is CCCCN(C(=O)Cn1c(S(C)(=O)=O)nc2ccccc21)c1c(N)n(CCC)c(=O)[nH]c1=O. The van der Waals surface area contributed by atoms with Gasteiger partial charge in [-0.1, -0.05) is 32.4 Å². The number of nitrogens with one attached hydrogen (secondary N) is 1. The van der Waals surface area contributed by atoms with Gasteiger partial charge in [-0.05, 0) is 25.0 Å². The number of carbonyl (C=O) groups is 1. The minimum absolute atomic E-state index is 0.103. The number of anilines is 2. The van der Waals surface area contributed by atoms with Crippen LogP contribution < -0.4 is 21.9 Å². The zero-order chi connectivity index (χ0) is 24.3. The van der Waals surface area contributed by atoms with Crippen LogP contribution in [0.3, 0.4) is 0 Å². The van der Waals surface area contributed by atoms with Crippen LogP contribution in [0.5, 0.6) is 0 Å². The first-order valence-corrected chi connectivity index (χ1v) is 12.6. The maximum Gasteiger partial charge on any atom is 0.330 e. The zero-order valence-corrected chi connectivity index (χ0v) is 19.7. The lowest BCUT2D eigenvalue weighted by Crippen LogP contribution is -2.43. The number of nitrogens with two attached hydrogens (primary N) is 1. The summed E-state index contributed by atoms with van der Waals surface area (Å²) < 4.78 is 27.3. The first-order chi connectivity index (χ1) is 15.6. The van der Waals surface area contributed by atoms with Crippen molar-refractivity contribution in [2.45, 2.75) is 51.4 Å².